The highest BCUT2D eigenvalue weighted by Gasteiger charge is 2.30. The van der Waals surface area contributed by atoms with E-state index in [1.807, 2.05) is 26.8 Å². The number of rotatable bonds is 7. The number of sulfonamides is 1. The molecule has 1 aromatic heterocycles. The van der Waals surface area contributed by atoms with E-state index < -0.39 is 28.1 Å². The largest absolute Gasteiger partial charge is 0.506 e. The molecule has 0 saturated heterocycles. The Hall–Kier alpha value is -3.86. The maximum absolute atomic E-state index is 13.6. The molecule has 184 valence electrons. The molecule has 3 aromatic rings. The fraction of sp³-hybridized carbons (Fsp3) is 0.292. The number of carbonyl (C=O) groups is 1. The second kappa shape index (κ2) is 9.06. The van der Waals surface area contributed by atoms with Gasteiger partial charge in [-0.1, -0.05) is 25.5 Å². The zero-order valence-corrected chi connectivity index (χ0v) is 20.3. The number of nitrogens with one attached hydrogen (secondary N) is 1. The minimum atomic E-state index is -4.26. The first-order valence-electron chi connectivity index (χ1n) is 11.0. The van der Waals surface area contributed by atoms with Crippen LogP contribution in [0.2, 0.25) is 0 Å². The standard InChI is InChI=1S/C24H26N4O6S/c1-13(2)8-9-28-18-7-4-14(3)10-16(18)22(30)21(24(28)31)23-26-17-6-5-15(34-12-20(25)29)11-19(17)35(32,33)27-23/h4-7,10-11,13,30H,8-9,12H2,1-3H3,(H2,25,29)(H,26,27). The van der Waals surface area contributed by atoms with Crippen LogP contribution in [0, 0.1) is 12.8 Å². The van der Waals surface area contributed by atoms with E-state index in [0.717, 1.165) is 5.56 Å². The number of aryl methyl sites for hydroxylation is 2. The van der Waals surface area contributed by atoms with Gasteiger partial charge in [-0.3, -0.25) is 9.59 Å². The van der Waals surface area contributed by atoms with Gasteiger partial charge in [0.25, 0.3) is 21.5 Å². The highest BCUT2D eigenvalue weighted by atomic mass is 32.2. The minimum absolute atomic E-state index is 0.117. The second-order valence-electron chi connectivity index (χ2n) is 8.84. The Kier molecular flexibility index (Phi) is 6.28. The summed E-state index contributed by atoms with van der Waals surface area (Å²) in [7, 11) is -4.26. The van der Waals surface area contributed by atoms with Crippen LogP contribution in [0.25, 0.3) is 10.9 Å². The molecule has 0 atom stereocenters. The lowest BCUT2D eigenvalue weighted by Gasteiger charge is -2.21. The molecule has 0 fully saturated rings. The molecule has 4 N–H and O–H groups in total. The first kappa shape index (κ1) is 24.3. The SMILES string of the molecule is Cc1ccc2c(c1)c(O)c(C1=NS(=O)(=O)c3cc(OCC(N)=O)ccc3N1)c(=O)n2CCC(C)C. The van der Waals surface area contributed by atoms with Crippen LogP contribution in [0.4, 0.5) is 5.69 Å². The van der Waals surface area contributed by atoms with E-state index in [1.165, 1.54) is 22.8 Å². The summed E-state index contributed by atoms with van der Waals surface area (Å²) in [6.07, 6.45) is 0.711. The number of primary amides is 1. The van der Waals surface area contributed by atoms with Gasteiger partial charge in [0.05, 0.1) is 11.2 Å². The van der Waals surface area contributed by atoms with Crippen LogP contribution in [0.3, 0.4) is 0 Å². The number of amides is 1. The van der Waals surface area contributed by atoms with Crippen molar-refractivity contribution in [1.29, 1.82) is 0 Å². The first-order valence-corrected chi connectivity index (χ1v) is 12.5. The molecule has 2 aromatic carbocycles. The van der Waals surface area contributed by atoms with E-state index >= 15 is 0 Å². The Balaban J connectivity index is 1.87. The fourth-order valence-corrected chi connectivity index (χ4v) is 5.01. The molecule has 2 heterocycles. The number of benzene rings is 2. The van der Waals surface area contributed by atoms with Crippen LogP contribution in [-0.4, -0.2) is 36.4 Å². The average molecular weight is 499 g/mol. The van der Waals surface area contributed by atoms with Gasteiger partial charge in [0.15, 0.2) is 12.4 Å². The number of nitrogens with zero attached hydrogens (tertiary/aromatic N) is 2. The number of nitrogens with two attached hydrogens (primary N) is 1. The molecule has 4 rings (SSSR count). The van der Waals surface area contributed by atoms with Gasteiger partial charge >= 0.3 is 0 Å². The molecule has 0 saturated carbocycles. The minimum Gasteiger partial charge on any atom is -0.506 e. The van der Waals surface area contributed by atoms with Gasteiger partial charge in [-0.2, -0.15) is 8.42 Å². The number of amidine groups is 1. The van der Waals surface area contributed by atoms with E-state index in [4.69, 9.17) is 10.5 Å². The number of carbonyl (C=O) groups excluding carboxylic acids is 1. The van der Waals surface area contributed by atoms with E-state index in [0.29, 0.717) is 29.8 Å². The summed E-state index contributed by atoms with van der Waals surface area (Å²) < 4.78 is 36.6. The highest BCUT2D eigenvalue weighted by Crippen LogP contribution is 2.34. The number of hydrogen-bond donors (Lipinski definition) is 3. The Morgan fingerprint density at radius 2 is 1.97 bits per heavy atom. The van der Waals surface area contributed by atoms with Gasteiger partial charge in [-0.05, 0) is 43.5 Å². The zero-order valence-electron chi connectivity index (χ0n) is 19.5. The van der Waals surface area contributed by atoms with Gasteiger partial charge in [0.2, 0.25) is 0 Å². The highest BCUT2D eigenvalue weighted by molar-refractivity contribution is 7.90. The summed E-state index contributed by atoms with van der Waals surface area (Å²) in [6.45, 7) is 5.91. The molecule has 0 bridgehead atoms. The Morgan fingerprint density at radius 1 is 1.23 bits per heavy atom. The maximum Gasteiger partial charge on any atom is 0.286 e. The van der Waals surface area contributed by atoms with Crippen LogP contribution in [0.1, 0.15) is 31.4 Å². The number of pyridine rings is 1. The summed E-state index contributed by atoms with van der Waals surface area (Å²) in [6, 6.07) is 9.46. The Morgan fingerprint density at radius 3 is 2.66 bits per heavy atom. The van der Waals surface area contributed by atoms with Crippen LogP contribution in [0.5, 0.6) is 11.5 Å². The molecule has 11 heteroatoms. The maximum atomic E-state index is 13.6. The average Bonchev–Trinajstić information content (AvgIpc) is 2.77. The lowest BCUT2D eigenvalue weighted by Crippen LogP contribution is -2.33. The zero-order chi connectivity index (χ0) is 25.5. The van der Waals surface area contributed by atoms with Gasteiger partial charge in [-0.25, -0.2) is 0 Å². The summed E-state index contributed by atoms with van der Waals surface area (Å²) in [4.78, 5) is 24.3. The molecule has 1 amide bonds. The lowest BCUT2D eigenvalue weighted by molar-refractivity contribution is -0.119. The van der Waals surface area contributed by atoms with Crippen molar-refractivity contribution in [3.63, 3.8) is 0 Å². The Bertz CT molecular complexity index is 1540. The van der Waals surface area contributed by atoms with E-state index in [2.05, 4.69) is 9.71 Å². The lowest BCUT2D eigenvalue weighted by atomic mass is 10.1. The van der Waals surface area contributed by atoms with Crippen molar-refractivity contribution in [1.82, 2.24) is 4.57 Å². The van der Waals surface area contributed by atoms with Crippen molar-refractivity contribution < 1.29 is 23.1 Å². The summed E-state index contributed by atoms with van der Waals surface area (Å²) in [5.74, 6) is -0.886. The third-order valence-corrected chi connectivity index (χ3v) is 6.95. The predicted molar refractivity (Wildman–Crippen MR) is 133 cm³/mol. The van der Waals surface area contributed by atoms with Crippen LogP contribution < -0.4 is 21.3 Å². The predicted octanol–water partition coefficient (Wildman–Crippen LogP) is 2.49. The Labute approximate surface area is 202 Å². The molecular formula is C24H26N4O6S. The van der Waals surface area contributed by atoms with Crippen LogP contribution in [0.15, 0.2) is 50.5 Å². The number of aromatic nitrogens is 1. The number of fused-ring (bicyclic) bond motifs is 2. The molecule has 35 heavy (non-hydrogen) atoms. The normalized spacial score (nSPS) is 14.3. The van der Waals surface area contributed by atoms with E-state index in [-0.39, 0.29) is 33.5 Å². The van der Waals surface area contributed by atoms with Crippen molar-refractivity contribution in [2.24, 2.45) is 16.0 Å². The monoisotopic (exact) mass is 498 g/mol. The topological polar surface area (TPSA) is 153 Å². The smallest absolute Gasteiger partial charge is 0.286 e. The number of hydrogen-bond acceptors (Lipinski definition) is 7. The second-order valence-corrected chi connectivity index (χ2v) is 10.4. The van der Waals surface area contributed by atoms with Gasteiger partial charge in [0.1, 0.15) is 22.0 Å². The van der Waals surface area contributed by atoms with E-state index in [1.54, 1.807) is 12.1 Å². The van der Waals surface area contributed by atoms with Gasteiger partial charge in [-0.15, -0.1) is 4.40 Å². The summed E-state index contributed by atoms with van der Waals surface area (Å²) in [5, 5.41) is 14.4. The van der Waals surface area contributed by atoms with Crippen molar-refractivity contribution in [2.45, 2.75) is 38.6 Å². The molecule has 1 aliphatic rings. The molecule has 0 aliphatic carbocycles. The van der Waals surface area contributed by atoms with Crippen molar-refractivity contribution in [2.75, 3.05) is 11.9 Å². The molecule has 0 spiro atoms. The van der Waals surface area contributed by atoms with Crippen molar-refractivity contribution in [3.8, 4) is 11.5 Å². The van der Waals surface area contributed by atoms with Crippen molar-refractivity contribution >= 4 is 38.4 Å². The molecular weight excluding hydrogens is 472 g/mol. The summed E-state index contributed by atoms with van der Waals surface area (Å²) >= 11 is 0. The summed E-state index contributed by atoms with van der Waals surface area (Å²) in [5.41, 5.74) is 5.87. The third-order valence-electron chi connectivity index (χ3n) is 5.64. The number of anilines is 1. The molecule has 0 radical (unpaired) electrons. The number of aromatic hydroxyl groups is 1. The van der Waals surface area contributed by atoms with Crippen molar-refractivity contribution in [3.05, 3.63) is 57.9 Å². The first-order chi connectivity index (χ1) is 16.5. The fourth-order valence-electron chi connectivity index (χ4n) is 3.87. The van der Waals surface area contributed by atoms with E-state index in [9.17, 15) is 23.1 Å². The van der Waals surface area contributed by atoms with Gasteiger partial charge < -0.3 is 25.5 Å². The molecule has 0 unspecified atom stereocenters. The van der Waals surface area contributed by atoms with Gasteiger partial charge in [0, 0.05) is 18.0 Å². The number of ether oxygens (including phenoxy) is 1. The third kappa shape index (κ3) is 4.72. The molecule has 10 nitrogen and oxygen atoms in total. The quantitative estimate of drug-likeness (QED) is 0.452. The van der Waals surface area contributed by atoms with Crippen LogP contribution in [-0.2, 0) is 21.4 Å². The molecule has 1 aliphatic heterocycles. The van der Waals surface area contributed by atoms with Crippen LogP contribution >= 0.6 is 0 Å².